The van der Waals surface area contributed by atoms with Crippen LogP contribution in [0.15, 0.2) is 15.7 Å². The summed E-state index contributed by atoms with van der Waals surface area (Å²) < 4.78 is 5.28. The number of morpholine rings is 1. The first kappa shape index (κ1) is 15.5. The predicted octanol–water partition coefficient (Wildman–Crippen LogP) is -2.97. The maximum absolute atomic E-state index is 11.7. The van der Waals surface area contributed by atoms with Crippen molar-refractivity contribution in [1.29, 1.82) is 0 Å². The van der Waals surface area contributed by atoms with Crippen LogP contribution in [0.1, 0.15) is 12.1 Å². The van der Waals surface area contributed by atoms with Gasteiger partial charge in [0.25, 0.3) is 5.56 Å². The van der Waals surface area contributed by atoms with Crippen molar-refractivity contribution in [3.8, 4) is 0 Å². The van der Waals surface area contributed by atoms with Crippen molar-refractivity contribution < 1.29 is 14.4 Å². The maximum Gasteiger partial charge on any atom is 0.325 e. The van der Waals surface area contributed by atoms with E-state index in [2.05, 4.69) is 15.3 Å². The normalized spacial score (nSPS) is 15.8. The van der Waals surface area contributed by atoms with Gasteiger partial charge in [0.2, 0.25) is 5.91 Å². The minimum atomic E-state index is -0.596. The third kappa shape index (κ3) is 5.52. The van der Waals surface area contributed by atoms with Crippen molar-refractivity contribution >= 4 is 5.91 Å². The molecule has 2 heterocycles. The third-order valence-corrected chi connectivity index (χ3v) is 3.40. The summed E-state index contributed by atoms with van der Waals surface area (Å²) in [6, 6.07) is 1.22. The molecule has 0 unspecified atom stereocenters. The molecule has 1 aliphatic rings. The lowest BCUT2D eigenvalue weighted by molar-refractivity contribution is -0.908. The Labute approximate surface area is 121 Å². The first-order valence-electron chi connectivity index (χ1n) is 7.14. The number of ether oxygens (including phenoxy) is 1. The van der Waals surface area contributed by atoms with E-state index in [-0.39, 0.29) is 12.3 Å². The monoisotopic (exact) mass is 297 g/mol. The molecule has 0 bridgehead atoms. The minimum Gasteiger partial charge on any atom is -0.370 e. The van der Waals surface area contributed by atoms with Gasteiger partial charge in [0.1, 0.15) is 13.1 Å². The van der Waals surface area contributed by atoms with E-state index in [1.165, 1.54) is 11.0 Å². The summed E-state index contributed by atoms with van der Waals surface area (Å²) in [5.74, 6) is -0.201. The summed E-state index contributed by atoms with van der Waals surface area (Å²) in [4.78, 5) is 39.9. The highest BCUT2D eigenvalue weighted by Gasteiger charge is 2.13. The van der Waals surface area contributed by atoms with Gasteiger partial charge in [-0.15, -0.1) is 0 Å². The summed E-state index contributed by atoms with van der Waals surface area (Å²) >= 11 is 0. The second-order valence-electron chi connectivity index (χ2n) is 5.11. The van der Waals surface area contributed by atoms with E-state index in [9.17, 15) is 14.4 Å². The minimum absolute atomic E-state index is 0.00354. The predicted molar refractivity (Wildman–Crippen MR) is 75.4 cm³/mol. The Morgan fingerprint density at radius 2 is 2.05 bits per heavy atom. The molecule has 0 radical (unpaired) electrons. The molecule has 0 spiro atoms. The van der Waals surface area contributed by atoms with Gasteiger partial charge in [0, 0.05) is 24.7 Å². The molecule has 1 saturated heterocycles. The lowest BCUT2D eigenvalue weighted by atomic mass is 10.2. The van der Waals surface area contributed by atoms with Crippen LogP contribution in [0.25, 0.3) is 0 Å². The van der Waals surface area contributed by atoms with Crippen LogP contribution < -0.4 is 21.5 Å². The van der Waals surface area contributed by atoms with E-state index in [0.29, 0.717) is 12.2 Å². The third-order valence-electron chi connectivity index (χ3n) is 3.40. The number of hydrogen-bond donors (Lipinski definition) is 4. The van der Waals surface area contributed by atoms with Gasteiger partial charge in [-0.3, -0.25) is 14.6 Å². The molecule has 1 fully saturated rings. The number of H-pyrrole nitrogens is 2. The van der Waals surface area contributed by atoms with Crippen LogP contribution in [-0.4, -0.2) is 55.3 Å². The van der Waals surface area contributed by atoms with Gasteiger partial charge in [0.05, 0.1) is 26.2 Å². The number of nitrogens with one attached hydrogen (secondary N) is 4. The molecule has 4 N–H and O–H groups in total. The molecule has 1 aromatic heterocycles. The fourth-order valence-corrected chi connectivity index (χ4v) is 2.33. The average molecular weight is 297 g/mol. The number of hydrogen-bond acceptors (Lipinski definition) is 4. The molecular weight excluding hydrogens is 276 g/mol. The Morgan fingerprint density at radius 1 is 1.29 bits per heavy atom. The number of carbonyl (C=O) groups is 1. The number of quaternary nitrogens is 1. The molecule has 1 aliphatic heterocycles. The second kappa shape index (κ2) is 7.75. The van der Waals surface area contributed by atoms with Gasteiger partial charge >= 0.3 is 5.69 Å². The van der Waals surface area contributed by atoms with Crippen molar-refractivity contribution in [2.75, 3.05) is 39.4 Å². The Hall–Kier alpha value is -1.93. The van der Waals surface area contributed by atoms with Crippen molar-refractivity contribution in [3.63, 3.8) is 0 Å². The largest absolute Gasteiger partial charge is 0.370 e. The summed E-state index contributed by atoms with van der Waals surface area (Å²) in [6.07, 6.45) is 0.899. The van der Waals surface area contributed by atoms with Gasteiger partial charge in [-0.25, -0.2) is 4.79 Å². The quantitative estimate of drug-likeness (QED) is 0.420. The SMILES string of the molecule is O=C(Cc1cc(=O)[nH]c(=O)[nH]1)NCCC[NH+]1CCOCC1. The lowest BCUT2D eigenvalue weighted by Gasteiger charge is -2.23. The standard InChI is InChI=1S/C13H20N4O4/c18-11(8-10-9-12(19)16-13(20)15-10)14-2-1-3-17-4-6-21-7-5-17/h9H,1-8H2,(H,14,18)(H2,15,16,19,20)/p+1. The fourth-order valence-electron chi connectivity index (χ4n) is 2.33. The topological polar surface area (TPSA) is 108 Å². The highest BCUT2D eigenvalue weighted by atomic mass is 16.5. The van der Waals surface area contributed by atoms with E-state index < -0.39 is 11.2 Å². The first-order valence-corrected chi connectivity index (χ1v) is 7.14. The molecule has 1 amide bonds. The van der Waals surface area contributed by atoms with Crippen LogP contribution in [0.3, 0.4) is 0 Å². The molecule has 8 heteroatoms. The molecular formula is C13H21N4O4+. The maximum atomic E-state index is 11.7. The zero-order valence-corrected chi connectivity index (χ0v) is 11.9. The lowest BCUT2D eigenvalue weighted by Crippen LogP contribution is -3.14. The smallest absolute Gasteiger partial charge is 0.325 e. The molecule has 21 heavy (non-hydrogen) atoms. The Balaban J connectivity index is 1.67. The van der Waals surface area contributed by atoms with Gasteiger partial charge in [-0.1, -0.05) is 0 Å². The van der Waals surface area contributed by atoms with Crippen molar-refractivity contribution in [1.82, 2.24) is 15.3 Å². The summed E-state index contributed by atoms with van der Waals surface area (Å²) in [7, 11) is 0. The summed E-state index contributed by atoms with van der Waals surface area (Å²) in [5.41, 5.74) is -0.779. The van der Waals surface area contributed by atoms with E-state index in [0.717, 1.165) is 39.3 Å². The number of aromatic amines is 2. The Bertz CT molecular complexity index is 546. The zero-order chi connectivity index (χ0) is 15.1. The Morgan fingerprint density at radius 3 is 2.76 bits per heavy atom. The number of aromatic nitrogens is 2. The van der Waals surface area contributed by atoms with Crippen molar-refractivity contribution in [2.24, 2.45) is 0 Å². The number of rotatable bonds is 6. The van der Waals surface area contributed by atoms with Gasteiger partial charge in [0.15, 0.2) is 0 Å². The second-order valence-corrected chi connectivity index (χ2v) is 5.11. The molecule has 0 aromatic carbocycles. The van der Waals surface area contributed by atoms with E-state index >= 15 is 0 Å². The number of carbonyl (C=O) groups excluding carboxylic acids is 1. The van der Waals surface area contributed by atoms with E-state index in [1.54, 1.807) is 0 Å². The molecule has 8 nitrogen and oxygen atoms in total. The average Bonchev–Trinajstić information content (AvgIpc) is 2.43. The summed E-state index contributed by atoms with van der Waals surface area (Å²) in [5, 5.41) is 2.79. The summed E-state index contributed by atoms with van der Waals surface area (Å²) in [6.45, 7) is 5.24. The Kier molecular flexibility index (Phi) is 5.70. The molecule has 116 valence electrons. The highest BCUT2D eigenvalue weighted by molar-refractivity contribution is 5.77. The molecule has 1 aromatic rings. The van der Waals surface area contributed by atoms with Gasteiger partial charge < -0.3 is 19.9 Å². The van der Waals surface area contributed by atoms with Crippen LogP contribution in [-0.2, 0) is 16.0 Å². The first-order chi connectivity index (χ1) is 10.1. The molecule has 0 saturated carbocycles. The van der Waals surface area contributed by atoms with E-state index in [4.69, 9.17) is 4.74 Å². The fraction of sp³-hybridized carbons (Fsp3) is 0.615. The van der Waals surface area contributed by atoms with Crippen LogP contribution in [0, 0.1) is 0 Å². The van der Waals surface area contributed by atoms with E-state index in [1.807, 2.05) is 0 Å². The highest BCUT2D eigenvalue weighted by Crippen LogP contribution is 1.88. The zero-order valence-electron chi connectivity index (χ0n) is 11.9. The molecule has 0 atom stereocenters. The molecule has 2 rings (SSSR count). The van der Waals surface area contributed by atoms with Crippen LogP contribution >= 0.6 is 0 Å². The molecule has 0 aliphatic carbocycles. The van der Waals surface area contributed by atoms with Crippen LogP contribution in [0.5, 0.6) is 0 Å². The van der Waals surface area contributed by atoms with Crippen molar-refractivity contribution in [2.45, 2.75) is 12.8 Å². The van der Waals surface area contributed by atoms with Crippen LogP contribution in [0.4, 0.5) is 0 Å². The van der Waals surface area contributed by atoms with Gasteiger partial charge in [-0.2, -0.15) is 0 Å². The van der Waals surface area contributed by atoms with Gasteiger partial charge in [-0.05, 0) is 0 Å². The number of amides is 1. The van der Waals surface area contributed by atoms with Crippen molar-refractivity contribution in [3.05, 3.63) is 32.6 Å². The van der Waals surface area contributed by atoms with Crippen LogP contribution in [0.2, 0.25) is 0 Å².